The van der Waals surface area contributed by atoms with Gasteiger partial charge in [0.15, 0.2) is 0 Å². The number of benzene rings is 1. The summed E-state index contributed by atoms with van der Waals surface area (Å²) in [7, 11) is 0. The number of nitrogens with zero attached hydrogens (tertiary/aromatic N) is 1. The third-order valence-corrected chi connectivity index (χ3v) is 3.50. The third-order valence-electron chi connectivity index (χ3n) is 3.50. The van der Waals surface area contributed by atoms with Gasteiger partial charge in [0.25, 0.3) is 0 Å². The number of hydrogen-bond acceptors (Lipinski definition) is 4. The first kappa shape index (κ1) is 13.8. The van der Waals surface area contributed by atoms with Crippen LogP contribution in [0.4, 0.5) is 4.39 Å². The van der Waals surface area contributed by atoms with E-state index in [0.717, 1.165) is 12.8 Å². The van der Waals surface area contributed by atoms with Crippen molar-refractivity contribution in [1.82, 2.24) is 4.98 Å². The van der Waals surface area contributed by atoms with Crippen LogP contribution in [0.25, 0.3) is 11.5 Å². The summed E-state index contributed by atoms with van der Waals surface area (Å²) in [6.45, 7) is 3.70. The first-order valence-electron chi connectivity index (χ1n) is 7.04. The molecule has 4 nitrogen and oxygen atoms in total. The molecular weight excluding hydrogens is 273 g/mol. The van der Waals surface area contributed by atoms with E-state index < -0.39 is 5.97 Å². The number of oxazole rings is 1. The summed E-state index contributed by atoms with van der Waals surface area (Å²) in [6.07, 6.45) is 1.97. The lowest BCUT2D eigenvalue weighted by Gasteiger charge is -1.99. The van der Waals surface area contributed by atoms with Crippen molar-refractivity contribution in [2.24, 2.45) is 0 Å². The number of ether oxygens (including phenoxy) is 1. The lowest BCUT2D eigenvalue weighted by atomic mass is 10.1. The molecule has 1 heterocycles. The molecule has 0 spiro atoms. The highest BCUT2D eigenvalue weighted by Crippen LogP contribution is 2.42. The molecule has 3 rings (SSSR count). The minimum Gasteiger partial charge on any atom is -0.460 e. The molecule has 1 aliphatic carbocycles. The van der Waals surface area contributed by atoms with Crippen LogP contribution in [0.5, 0.6) is 0 Å². The lowest BCUT2D eigenvalue weighted by Crippen LogP contribution is -2.05. The standard InChI is InChI=1S/C16H16FNO3/c1-3-20-16(19)14-13(10-6-7-10)18-15(21-14)11-5-4-9(2)12(17)8-11/h4-5,8,10H,3,6-7H2,1-2H3. The van der Waals surface area contributed by atoms with Gasteiger partial charge in [-0.25, -0.2) is 14.2 Å². The summed E-state index contributed by atoms with van der Waals surface area (Å²) >= 11 is 0. The zero-order valence-corrected chi connectivity index (χ0v) is 12.0. The predicted octanol–water partition coefficient (Wildman–Crippen LogP) is 3.84. The van der Waals surface area contributed by atoms with E-state index in [9.17, 15) is 9.18 Å². The molecule has 0 aliphatic heterocycles. The zero-order chi connectivity index (χ0) is 15.0. The van der Waals surface area contributed by atoms with Gasteiger partial charge in [0.2, 0.25) is 11.7 Å². The van der Waals surface area contributed by atoms with E-state index in [0.29, 0.717) is 16.8 Å². The Kier molecular flexibility index (Phi) is 3.49. The largest absolute Gasteiger partial charge is 0.460 e. The quantitative estimate of drug-likeness (QED) is 0.802. The Morgan fingerprint density at radius 2 is 2.24 bits per heavy atom. The fraction of sp³-hybridized carbons (Fsp3) is 0.375. The van der Waals surface area contributed by atoms with Crippen molar-refractivity contribution in [2.75, 3.05) is 6.61 Å². The summed E-state index contributed by atoms with van der Waals surface area (Å²) in [5, 5.41) is 0. The highest BCUT2D eigenvalue weighted by molar-refractivity contribution is 5.88. The predicted molar refractivity (Wildman–Crippen MR) is 74.6 cm³/mol. The van der Waals surface area contributed by atoms with Crippen LogP contribution in [0.15, 0.2) is 22.6 Å². The van der Waals surface area contributed by atoms with Crippen LogP contribution in [-0.4, -0.2) is 17.6 Å². The highest BCUT2D eigenvalue weighted by Gasteiger charge is 2.34. The minimum atomic E-state index is -0.509. The molecule has 0 amide bonds. The maximum atomic E-state index is 13.7. The summed E-state index contributed by atoms with van der Waals surface area (Å²) in [6, 6.07) is 4.76. The van der Waals surface area contributed by atoms with E-state index in [2.05, 4.69) is 4.98 Å². The van der Waals surface area contributed by atoms with Gasteiger partial charge in [-0.15, -0.1) is 0 Å². The van der Waals surface area contributed by atoms with E-state index >= 15 is 0 Å². The van der Waals surface area contributed by atoms with Gasteiger partial charge in [-0.05, 0) is 44.4 Å². The first-order valence-corrected chi connectivity index (χ1v) is 7.04. The van der Waals surface area contributed by atoms with Gasteiger partial charge in [-0.2, -0.15) is 0 Å². The van der Waals surface area contributed by atoms with E-state index in [1.54, 1.807) is 26.0 Å². The molecule has 0 bridgehead atoms. The third kappa shape index (κ3) is 2.68. The molecule has 110 valence electrons. The fourth-order valence-electron chi connectivity index (χ4n) is 2.16. The number of esters is 1. The number of rotatable bonds is 4. The van der Waals surface area contributed by atoms with Crippen molar-refractivity contribution in [1.29, 1.82) is 0 Å². The maximum absolute atomic E-state index is 13.7. The Labute approximate surface area is 121 Å². The molecule has 21 heavy (non-hydrogen) atoms. The van der Waals surface area contributed by atoms with Crippen molar-refractivity contribution < 1.29 is 18.3 Å². The number of aryl methyl sites for hydroxylation is 1. The molecule has 1 aliphatic rings. The SMILES string of the molecule is CCOC(=O)c1oc(-c2ccc(C)c(F)c2)nc1C1CC1. The van der Waals surface area contributed by atoms with E-state index in [1.807, 2.05) is 0 Å². The highest BCUT2D eigenvalue weighted by atomic mass is 19.1. The Bertz CT molecular complexity index is 689. The minimum absolute atomic E-state index is 0.148. The van der Waals surface area contributed by atoms with E-state index in [1.165, 1.54) is 6.07 Å². The number of halogens is 1. The van der Waals surface area contributed by atoms with Crippen molar-refractivity contribution in [3.8, 4) is 11.5 Å². The van der Waals surface area contributed by atoms with E-state index in [4.69, 9.17) is 9.15 Å². The van der Waals surface area contributed by atoms with Gasteiger partial charge >= 0.3 is 5.97 Å². The molecule has 0 atom stereocenters. The monoisotopic (exact) mass is 289 g/mol. The van der Waals surface area contributed by atoms with Gasteiger partial charge in [0.1, 0.15) is 5.82 Å². The summed E-state index contributed by atoms with van der Waals surface area (Å²) in [5.41, 5.74) is 1.71. The molecule has 0 N–H and O–H groups in total. The van der Waals surface area contributed by atoms with Crippen LogP contribution in [0.3, 0.4) is 0 Å². The van der Waals surface area contributed by atoms with E-state index in [-0.39, 0.29) is 30.0 Å². The lowest BCUT2D eigenvalue weighted by molar-refractivity contribution is 0.0489. The first-order chi connectivity index (χ1) is 10.1. The van der Waals surface area contributed by atoms with Gasteiger partial charge in [0.05, 0.1) is 12.3 Å². The second-order valence-electron chi connectivity index (χ2n) is 5.19. The van der Waals surface area contributed by atoms with Crippen molar-refractivity contribution in [3.63, 3.8) is 0 Å². The van der Waals surface area contributed by atoms with Gasteiger partial charge < -0.3 is 9.15 Å². The Hall–Kier alpha value is -2.17. The average Bonchev–Trinajstić information content (AvgIpc) is 3.21. The molecule has 5 heteroatoms. The molecule has 1 aromatic heterocycles. The van der Waals surface area contributed by atoms with Crippen LogP contribution in [0.1, 0.15) is 47.5 Å². The average molecular weight is 289 g/mol. The molecule has 2 aromatic rings. The van der Waals surface area contributed by atoms with Gasteiger partial charge in [-0.1, -0.05) is 6.07 Å². The molecule has 1 aromatic carbocycles. The second-order valence-corrected chi connectivity index (χ2v) is 5.19. The number of carbonyl (C=O) groups excluding carboxylic acids is 1. The molecule has 1 saturated carbocycles. The molecular formula is C16H16FNO3. The molecule has 0 radical (unpaired) electrons. The van der Waals surface area contributed by atoms with Crippen LogP contribution >= 0.6 is 0 Å². The smallest absolute Gasteiger partial charge is 0.376 e. The normalized spacial score (nSPS) is 14.2. The van der Waals surface area contributed by atoms with Gasteiger partial charge in [0, 0.05) is 11.5 Å². The zero-order valence-electron chi connectivity index (χ0n) is 12.0. The van der Waals surface area contributed by atoms with Crippen LogP contribution in [0.2, 0.25) is 0 Å². The van der Waals surface area contributed by atoms with Crippen LogP contribution in [0, 0.1) is 12.7 Å². The molecule has 1 fully saturated rings. The van der Waals surface area contributed by atoms with Crippen molar-refractivity contribution in [3.05, 3.63) is 41.0 Å². The van der Waals surface area contributed by atoms with Crippen molar-refractivity contribution >= 4 is 5.97 Å². The second kappa shape index (κ2) is 5.31. The summed E-state index contributed by atoms with van der Waals surface area (Å²) < 4.78 is 24.2. The number of aromatic nitrogens is 1. The molecule has 0 saturated heterocycles. The van der Waals surface area contributed by atoms with Gasteiger partial charge in [-0.3, -0.25) is 0 Å². The Morgan fingerprint density at radius 3 is 2.86 bits per heavy atom. The number of carbonyl (C=O) groups is 1. The fourth-order valence-corrected chi connectivity index (χ4v) is 2.16. The summed E-state index contributed by atoms with van der Waals surface area (Å²) in [4.78, 5) is 16.3. The van der Waals surface area contributed by atoms with Crippen LogP contribution < -0.4 is 0 Å². The Morgan fingerprint density at radius 1 is 1.48 bits per heavy atom. The topological polar surface area (TPSA) is 52.3 Å². The Balaban J connectivity index is 2.01. The molecule has 0 unspecified atom stereocenters. The number of hydrogen-bond donors (Lipinski definition) is 0. The van der Waals surface area contributed by atoms with Crippen LogP contribution in [-0.2, 0) is 4.74 Å². The summed E-state index contributed by atoms with van der Waals surface area (Å²) in [5.74, 6) is -0.173. The van der Waals surface area contributed by atoms with Crippen molar-refractivity contribution in [2.45, 2.75) is 32.6 Å². The maximum Gasteiger partial charge on any atom is 0.376 e.